The number of aliphatic hydroxyl groups is 1. The quantitative estimate of drug-likeness (QED) is 0.356. The molecule has 1 unspecified atom stereocenters. The number of halogens is 1. The summed E-state index contributed by atoms with van der Waals surface area (Å²) in [7, 11) is 0. The summed E-state index contributed by atoms with van der Waals surface area (Å²) in [6, 6.07) is 4.46. The number of carbonyl (C=O) groups excluding carboxylic acids is 3. The number of aliphatic hydroxyl groups excluding tert-OH is 1. The number of cyclic esters (lactones) is 1. The minimum absolute atomic E-state index is 0.0186. The average molecular weight is 515 g/mol. The molecule has 192 valence electrons. The van der Waals surface area contributed by atoms with Crippen LogP contribution in [0.3, 0.4) is 0 Å². The Bertz CT molecular complexity index is 1130. The lowest BCUT2D eigenvalue weighted by atomic mass is 9.73. The maximum atomic E-state index is 14.4. The average Bonchev–Trinajstić information content (AvgIpc) is 3.12. The number of nitrogens with zero attached hydrogens (tertiary/aromatic N) is 2. The summed E-state index contributed by atoms with van der Waals surface area (Å²) in [5, 5.41) is 9.77. The lowest BCUT2D eigenvalue weighted by Gasteiger charge is -2.38. The first kappa shape index (κ1) is 25.0. The molecule has 5 atom stereocenters. The van der Waals surface area contributed by atoms with Crippen molar-refractivity contribution in [3.05, 3.63) is 53.1 Å². The van der Waals surface area contributed by atoms with Gasteiger partial charge in [-0.2, -0.15) is 0 Å². The third kappa shape index (κ3) is 3.53. The van der Waals surface area contributed by atoms with Crippen molar-refractivity contribution in [1.29, 1.82) is 0 Å². The largest absolute Gasteiger partial charge is 0.461 e. The van der Waals surface area contributed by atoms with Crippen molar-refractivity contribution >= 4 is 35.1 Å². The van der Waals surface area contributed by atoms with Gasteiger partial charge in [-0.15, -0.1) is 0 Å². The van der Waals surface area contributed by atoms with Crippen molar-refractivity contribution < 1.29 is 29.0 Å². The van der Waals surface area contributed by atoms with E-state index in [2.05, 4.69) is 0 Å². The number of esters is 1. The molecule has 1 spiro atoms. The number of benzene rings is 1. The van der Waals surface area contributed by atoms with Crippen molar-refractivity contribution in [3.63, 3.8) is 0 Å². The van der Waals surface area contributed by atoms with Crippen LogP contribution in [0.4, 0.5) is 5.69 Å². The SMILES string of the molecule is CC[C@@]12C=CCOC(=O)[C@@H]1[C@H]1C(=O)N(CCCCO)C3C(=O)N(c4c(C)cccc4Cl)CC=C[C@@]31O2. The molecule has 8 nitrogen and oxygen atoms in total. The van der Waals surface area contributed by atoms with E-state index < -0.39 is 35.0 Å². The monoisotopic (exact) mass is 514 g/mol. The van der Waals surface area contributed by atoms with Gasteiger partial charge in [-0.05, 0) is 43.9 Å². The Morgan fingerprint density at radius 1 is 1.11 bits per heavy atom. The molecule has 9 heteroatoms. The molecule has 0 radical (unpaired) electrons. The number of fused-ring (bicyclic) bond motifs is 2. The lowest BCUT2D eigenvalue weighted by molar-refractivity contribution is -0.157. The van der Waals surface area contributed by atoms with Gasteiger partial charge >= 0.3 is 5.97 Å². The first-order chi connectivity index (χ1) is 17.3. The molecule has 0 bridgehead atoms. The third-order valence-electron chi connectivity index (χ3n) is 7.96. The van der Waals surface area contributed by atoms with Gasteiger partial charge < -0.3 is 24.4 Å². The summed E-state index contributed by atoms with van der Waals surface area (Å²) in [5.41, 5.74) is -0.960. The number of unbranched alkanes of at least 4 members (excludes halogenated alkanes) is 1. The van der Waals surface area contributed by atoms with E-state index in [1.165, 1.54) is 0 Å². The maximum absolute atomic E-state index is 14.4. The smallest absolute Gasteiger partial charge is 0.313 e. The van der Waals surface area contributed by atoms with Crippen molar-refractivity contribution in [2.75, 3.05) is 31.2 Å². The normalized spacial score (nSPS) is 33.2. The van der Waals surface area contributed by atoms with E-state index in [-0.39, 0.29) is 38.1 Å². The number of hydrogen-bond acceptors (Lipinski definition) is 6. The number of ether oxygens (including phenoxy) is 2. The molecule has 2 amide bonds. The molecule has 2 fully saturated rings. The van der Waals surface area contributed by atoms with Gasteiger partial charge in [0.1, 0.15) is 29.8 Å². The van der Waals surface area contributed by atoms with Gasteiger partial charge in [-0.3, -0.25) is 14.4 Å². The Morgan fingerprint density at radius 3 is 2.64 bits per heavy atom. The first-order valence-electron chi connectivity index (χ1n) is 12.5. The van der Waals surface area contributed by atoms with Gasteiger partial charge in [0.15, 0.2) is 0 Å². The van der Waals surface area contributed by atoms with Crippen LogP contribution >= 0.6 is 11.6 Å². The molecule has 1 aromatic carbocycles. The topological polar surface area (TPSA) is 96.4 Å². The Labute approximate surface area is 215 Å². The van der Waals surface area contributed by atoms with E-state index in [4.69, 9.17) is 21.1 Å². The Balaban J connectivity index is 1.66. The summed E-state index contributed by atoms with van der Waals surface area (Å²) >= 11 is 6.55. The van der Waals surface area contributed by atoms with Crippen molar-refractivity contribution in [1.82, 2.24) is 4.90 Å². The van der Waals surface area contributed by atoms with Crippen LogP contribution in [-0.2, 0) is 23.9 Å². The summed E-state index contributed by atoms with van der Waals surface area (Å²) < 4.78 is 12.2. The van der Waals surface area contributed by atoms with Gasteiger partial charge in [0, 0.05) is 19.7 Å². The zero-order chi connectivity index (χ0) is 25.7. The number of para-hydroxylation sites is 1. The van der Waals surface area contributed by atoms with Gasteiger partial charge in [0.05, 0.1) is 16.6 Å². The summed E-state index contributed by atoms with van der Waals surface area (Å²) in [6.07, 6.45) is 8.66. The fourth-order valence-electron chi connectivity index (χ4n) is 6.40. The first-order valence-corrected chi connectivity index (χ1v) is 12.9. The highest BCUT2D eigenvalue weighted by molar-refractivity contribution is 6.34. The molecule has 4 aliphatic heterocycles. The van der Waals surface area contributed by atoms with E-state index in [1.54, 1.807) is 21.9 Å². The fraction of sp³-hybridized carbons (Fsp3) is 0.519. The number of anilines is 1. The predicted octanol–water partition coefficient (Wildman–Crippen LogP) is 2.80. The molecule has 1 aromatic rings. The molecule has 36 heavy (non-hydrogen) atoms. The van der Waals surface area contributed by atoms with E-state index in [9.17, 15) is 19.5 Å². The van der Waals surface area contributed by atoms with E-state index in [0.717, 1.165) is 5.56 Å². The van der Waals surface area contributed by atoms with Crippen molar-refractivity contribution in [3.8, 4) is 0 Å². The van der Waals surface area contributed by atoms with Crippen LogP contribution in [0.1, 0.15) is 31.7 Å². The van der Waals surface area contributed by atoms with Crippen LogP contribution < -0.4 is 4.90 Å². The molecular formula is C27H31ClN2O6. The Kier molecular flexibility index (Phi) is 6.47. The Hall–Kier alpha value is -2.68. The number of amides is 2. The molecule has 4 heterocycles. The molecular weight excluding hydrogens is 484 g/mol. The minimum atomic E-state index is -1.33. The van der Waals surface area contributed by atoms with Gasteiger partial charge in [0.25, 0.3) is 5.91 Å². The fourth-order valence-corrected chi connectivity index (χ4v) is 6.72. The van der Waals surface area contributed by atoms with Gasteiger partial charge in [0.2, 0.25) is 5.91 Å². The van der Waals surface area contributed by atoms with Crippen molar-refractivity contribution in [2.24, 2.45) is 11.8 Å². The second kappa shape index (κ2) is 9.32. The number of rotatable bonds is 6. The van der Waals surface area contributed by atoms with Crippen molar-refractivity contribution in [2.45, 2.75) is 50.4 Å². The van der Waals surface area contributed by atoms with Crippen LogP contribution in [-0.4, -0.2) is 71.3 Å². The number of aryl methyl sites for hydroxylation is 1. The highest BCUT2D eigenvalue weighted by Crippen LogP contribution is 2.58. The molecule has 2 saturated heterocycles. The zero-order valence-corrected chi connectivity index (χ0v) is 21.2. The molecule has 5 rings (SSSR count). The van der Waals surface area contributed by atoms with Gasteiger partial charge in [-0.1, -0.05) is 48.9 Å². The van der Waals surface area contributed by atoms with Crippen LogP contribution in [0, 0.1) is 18.8 Å². The second-order valence-electron chi connectivity index (χ2n) is 9.87. The number of hydrogen-bond donors (Lipinski definition) is 1. The highest BCUT2D eigenvalue weighted by Gasteiger charge is 2.75. The summed E-state index contributed by atoms with van der Waals surface area (Å²) in [4.78, 5) is 44.8. The molecule has 4 aliphatic rings. The standard InChI is InChI=1S/C27H31ClN2O6/c1-3-26-11-8-16-35-25(34)20(26)19-23(32)30(13-4-5-15-31)22-24(33)29(14-7-12-27(19,22)36-26)21-17(2)9-6-10-18(21)28/h6-12,19-20,22,31H,3-5,13-16H2,1-2H3/t19-,20-,22?,26+,27-/m0/s1. The van der Waals surface area contributed by atoms with E-state index in [1.807, 2.05) is 44.2 Å². The molecule has 1 N–H and O–H groups in total. The van der Waals surface area contributed by atoms with Crippen LogP contribution in [0.2, 0.25) is 5.02 Å². The van der Waals surface area contributed by atoms with E-state index >= 15 is 0 Å². The van der Waals surface area contributed by atoms with E-state index in [0.29, 0.717) is 30.0 Å². The third-order valence-corrected chi connectivity index (χ3v) is 8.27. The van der Waals surface area contributed by atoms with Crippen LogP contribution in [0.5, 0.6) is 0 Å². The zero-order valence-electron chi connectivity index (χ0n) is 20.5. The number of carbonyl (C=O) groups is 3. The van der Waals surface area contributed by atoms with Gasteiger partial charge in [-0.25, -0.2) is 0 Å². The maximum Gasteiger partial charge on any atom is 0.313 e. The summed E-state index contributed by atoms with van der Waals surface area (Å²) in [6.45, 7) is 4.41. The minimum Gasteiger partial charge on any atom is -0.461 e. The summed E-state index contributed by atoms with van der Waals surface area (Å²) in [5.74, 6) is -2.88. The van der Waals surface area contributed by atoms with Crippen LogP contribution in [0.25, 0.3) is 0 Å². The second-order valence-corrected chi connectivity index (χ2v) is 10.3. The Morgan fingerprint density at radius 2 is 1.92 bits per heavy atom. The molecule has 0 aromatic heterocycles. The predicted molar refractivity (Wildman–Crippen MR) is 133 cm³/mol. The lowest BCUT2D eigenvalue weighted by Crippen LogP contribution is -2.56. The highest BCUT2D eigenvalue weighted by atomic mass is 35.5. The molecule has 0 aliphatic carbocycles. The number of likely N-dealkylation sites (tertiary alicyclic amines) is 1. The van der Waals surface area contributed by atoms with Crippen LogP contribution in [0.15, 0.2) is 42.5 Å². The molecule has 0 saturated carbocycles.